The van der Waals surface area contributed by atoms with E-state index < -0.39 is 0 Å². The average Bonchev–Trinajstić information content (AvgIpc) is 2.79. The highest BCUT2D eigenvalue weighted by molar-refractivity contribution is 5.75. The molecule has 0 aliphatic heterocycles. The first kappa shape index (κ1) is 25.7. The van der Waals surface area contributed by atoms with Crippen LogP contribution >= 0.6 is 0 Å². The molecule has 0 spiro atoms. The first-order chi connectivity index (χ1) is 13.8. The van der Waals surface area contributed by atoms with Gasteiger partial charge in [0.25, 0.3) is 0 Å². The minimum absolute atomic E-state index is 0.368. The Balaban J connectivity index is 0.000000192. The van der Waals surface area contributed by atoms with E-state index >= 15 is 0 Å². The predicted octanol–water partition coefficient (Wildman–Crippen LogP) is 9.57. The summed E-state index contributed by atoms with van der Waals surface area (Å²) in [5.41, 5.74) is 0. The van der Waals surface area contributed by atoms with Crippen molar-refractivity contribution in [1.82, 2.24) is 0 Å². The van der Waals surface area contributed by atoms with Crippen molar-refractivity contribution in [2.45, 2.75) is 161 Å². The van der Waals surface area contributed by atoms with Gasteiger partial charge in [0.1, 0.15) is 5.78 Å². The van der Waals surface area contributed by atoms with Crippen LogP contribution in [0.15, 0.2) is 0 Å². The molecule has 0 heterocycles. The number of carbonyl (C=O) groups excluding carboxylic acids is 1. The van der Waals surface area contributed by atoms with Crippen LogP contribution in [0.5, 0.6) is 0 Å². The third-order valence-corrected chi connectivity index (χ3v) is 6.80. The first-order valence-corrected chi connectivity index (χ1v) is 13.3. The summed E-state index contributed by atoms with van der Waals surface area (Å²) in [5, 5.41) is 0. The Morgan fingerprint density at radius 1 is 0.464 bits per heavy atom. The van der Waals surface area contributed by atoms with Crippen molar-refractivity contribution >= 4 is 5.78 Å². The molecule has 0 radical (unpaired) electrons. The SMILES string of the molecule is C1CCCCC1.C1CCCCC1.C1CCCCC1.CC(=O)CC1CCCCC1. The molecular weight excluding hydrogens is 340 g/mol. The zero-order chi connectivity index (χ0) is 20.1. The van der Waals surface area contributed by atoms with Gasteiger partial charge in [0.05, 0.1) is 0 Å². The Morgan fingerprint density at radius 2 is 0.679 bits per heavy atom. The van der Waals surface area contributed by atoms with Crippen LogP contribution in [0.1, 0.15) is 161 Å². The van der Waals surface area contributed by atoms with Crippen LogP contribution in [0.4, 0.5) is 0 Å². The smallest absolute Gasteiger partial charge is 0.130 e. The molecule has 4 aliphatic carbocycles. The molecule has 0 aromatic rings. The summed E-state index contributed by atoms with van der Waals surface area (Å²) < 4.78 is 0. The number of hydrogen-bond donors (Lipinski definition) is 0. The zero-order valence-electron chi connectivity index (χ0n) is 19.5. The van der Waals surface area contributed by atoms with Gasteiger partial charge in [0, 0.05) is 6.42 Å². The molecule has 1 heteroatoms. The monoisotopic (exact) mass is 392 g/mol. The van der Waals surface area contributed by atoms with Gasteiger partial charge >= 0.3 is 0 Å². The number of rotatable bonds is 2. The van der Waals surface area contributed by atoms with Crippen LogP contribution in [0.25, 0.3) is 0 Å². The van der Waals surface area contributed by atoms with E-state index in [1.54, 1.807) is 6.92 Å². The van der Waals surface area contributed by atoms with E-state index in [1.807, 2.05) is 0 Å². The summed E-state index contributed by atoms with van der Waals surface area (Å²) >= 11 is 0. The van der Waals surface area contributed by atoms with Gasteiger partial charge in [-0.05, 0) is 12.8 Å². The lowest BCUT2D eigenvalue weighted by atomic mass is 9.86. The molecule has 0 atom stereocenters. The number of carbonyl (C=O) groups is 1. The fourth-order valence-corrected chi connectivity index (χ4v) is 4.98. The molecule has 0 unspecified atom stereocenters. The van der Waals surface area contributed by atoms with Crippen LogP contribution in [-0.2, 0) is 4.79 Å². The van der Waals surface area contributed by atoms with Gasteiger partial charge in [-0.25, -0.2) is 0 Å². The Labute approximate surface area is 177 Å². The highest BCUT2D eigenvalue weighted by atomic mass is 16.1. The second kappa shape index (κ2) is 20.0. The summed E-state index contributed by atoms with van der Waals surface area (Å²) in [6, 6.07) is 0. The Kier molecular flexibility index (Phi) is 18.3. The molecule has 4 rings (SSSR count). The van der Waals surface area contributed by atoms with E-state index in [0.717, 1.165) is 12.3 Å². The number of Topliss-reactive ketones (excluding diaryl/α,β-unsaturated/α-hetero) is 1. The van der Waals surface area contributed by atoms with Gasteiger partial charge in [0.2, 0.25) is 0 Å². The first-order valence-electron chi connectivity index (χ1n) is 13.3. The van der Waals surface area contributed by atoms with E-state index in [1.165, 1.54) is 148 Å². The Morgan fingerprint density at radius 3 is 0.893 bits per heavy atom. The minimum atomic E-state index is 0.368. The van der Waals surface area contributed by atoms with E-state index in [-0.39, 0.29) is 0 Å². The molecule has 0 saturated heterocycles. The molecule has 4 fully saturated rings. The van der Waals surface area contributed by atoms with Crippen LogP contribution in [0.2, 0.25) is 0 Å². The van der Waals surface area contributed by atoms with Gasteiger partial charge in [-0.2, -0.15) is 0 Å². The largest absolute Gasteiger partial charge is 0.300 e. The summed E-state index contributed by atoms with van der Waals surface area (Å²) in [7, 11) is 0. The van der Waals surface area contributed by atoms with Crippen molar-refractivity contribution in [1.29, 1.82) is 0 Å². The highest BCUT2D eigenvalue weighted by Gasteiger charge is 2.14. The third kappa shape index (κ3) is 17.7. The molecule has 0 N–H and O–H groups in total. The second-order valence-electron chi connectivity index (χ2n) is 9.77. The van der Waals surface area contributed by atoms with Crippen molar-refractivity contribution in [3.63, 3.8) is 0 Å². The molecule has 0 amide bonds. The summed E-state index contributed by atoms with van der Waals surface area (Å²) in [6.07, 6.45) is 34.5. The third-order valence-electron chi connectivity index (χ3n) is 6.80. The maximum absolute atomic E-state index is 10.7. The Hall–Kier alpha value is -0.330. The van der Waals surface area contributed by atoms with Gasteiger partial charge in [-0.15, -0.1) is 0 Å². The molecule has 0 bridgehead atoms. The lowest BCUT2D eigenvalue weighted by Gasteiger charge is -2.19. The Bertz CT molecular complexity index is 254. The molecule has 0 aromatic carbocycles. The van der Waals surface area contributed by atoms with Crippen LogP contribution in [0.3, 0.4) is 0 Å². The summed E-state index contributed by atoms with van der Waals surface area (Å²) in [4.78, 5) is 10.7. The van der Waals surface area contributed by atoms with Crippen LogP contribution in [-0.4, -0.2) is 5.78 Å². The normalized spacial score (nSPS) is 22.9. The second-order valence-corrected chi connectivity index (χ2v) is 9.77. The van der Waals surface area contributed by atoms with E-state index in [2.05, 4.69) is 0 Å². The summed E-state index contributed by atoms with van der Waals surface area (Å²) in [5.74, 6) is 1.10. The minimum Gasteiger partial charge on any atom is -0.300 e. The van der Waals surface area contributed by atoms with Gasteiger partial charge in [-0.3, -0.25) is 0 Å². The quantitative estimate of drug-likeness (QED) is 0.457. The fourth-order valence-electron chi connectivity index (χ4n) is 4.98. The van der Waals surface area contributed by atoms with Crippen molar-refractivity contribution in [2.75, 3.05) is 0 Å². The molecule has 4 aliphatic rings. The van der Waals surface area contributed by atoms with Crippen molar-refractivity contribution in [3.05, 3.63) is 0 Å². The fraction of sp³-hybridized carbons (Fsp3) is 0.963. The molecule has 0 aromatic heterocycles. The lowest BCUT2D eigenvalue weighted by molar-refractivity contribution is -0.118. The van der Waals surface area contributed by atoms with Gasteiger partial charge < -0.3 is 4.79 Å². The highest BCUT2D eigenvalue weighted by Crippen LogP contribution is 2.26. The standard InChI is InChI=1S/C9H16O.3C6H12/c1-8(10)7-9-5-3-2-4-6-9;3*1-2-4-6-5-3-1/h9H,2-7H2,1H3;3*1-6H2. The van der Waals surface area contributed by atoms with Crippen molar-refractivity contribution in [3.8, 4) is 0 Å². The molecule has 1 nitrogen and oxygen atoms in total. The number of ketones is 1. The van der Waals surface area contributed by atoms with Gasteiger partial charge in [-0.1, -0.05) is 148 Å². The topological polar surface area (TPSA) is 17.1 Å². The van der Waals surface area contributed by atoms with Crippen molar-refractivity contribution < 1.29 is 4.79 Å². The van der Waals surface area contributed by atoms with E-state index in [4.69, 9.17) is 0 Å². The maximum Gasteiger partial charge on any atom is 0.130 e. The van der Waals surface area contributed by atoms with E-state index in [0.29, 0.717) is 5.78 Å². The molecule has 166 valence electrons. The predicted molar refractivity (Wildman–Crippen MR) is 125 cm³/mol. The van der Waals surface area contributed by atoms with Crippen LogP contribution in [0, 0.1) is 5.92 Å². The molecule has 28 heavy (non-hydrogen) atoms. The van der Waals surface area contributed by atoms with Crippen LogP contribution < -0.4 is 0 Å². The lowest BCUT2D eigenvalue weighted by Crippen LogP contribution is -2.09. The summed E-state index contributed by atoms with van der Waals surface area (Å²) in [6.45, 7) is 1.70. The maximum atomic E-state index is 10.7. The van der Waals surface area contributed by atoms with Crippen molar-refractivity contribution in [2.24, 2.45) is 5.92 Å². The van der Waals surface area contributed by atoms with E-state index in [9.17, 15) is 4.79 Å². The average molecular weight is 393 g/mol. The number of hydrogen-bond acceptors (Lipinski definition) is 1. The zero-order valence-corrected chi connectivity index (χ0v) is 19.5. The van der Waals surface area contributed by atoms with Gasteiger partial charge in [0.15, 0.2) is 0 Å². The molecule has 4 saturated carbocycles. The molecular formula is C27H52O.